The van der Waals surface area contributed by atoms with Crippen LogP contribution < -0.4 is 4.74 Å². The van der Waals surface area contributed by atoms with Crippen molar-refractivity contribution in [2.24, 2.45) is 0 Å². The van der Waals surface area contributed by atoms with E-state index in [1.165, 1.54) is 5.56 Å². The molecule has 0 aliphatic carbocycles. The van der Waals surface area contributed by atoms with Gasteiger partial charge in [-0.2, -0.15) is 0 Å². The van der Waals surface area contributed by atoms with Crippen LogP contribution in [0.4, 0.5) is 0 Å². The second kappa shape index (κ2) is 9.60. The zero-order chi connectivity index (χ0) is 22.6. The molecule has 0 unspecified atom stereocenters. The molecule has 168 valence electrons. The number of amides is 1. The number of ether oxygens (including phenoxy) is 1. The van der Waals surface area contributed by atoms with Crippen molar-refractivity contribution in [1.82, 2.24) is 24.8 Å². The number of rotatable bonds is 6. The minimum absolute atomic E-state index is 0.00425. The van der Waals surface area contributed by atoms with Crippen LogP contribution in [-0.2, 0) is 11.3 Å². The lowest BCUT2D eigenvalue weighted by Gasteiger charge is -2.34. The van der Waals surface area contributed by atoms with Gasteiger partial charge < -0.3 is 14.6 Å². The van der Waals surface area contributed by atoms with Crippen LogP contribution in [0.15, 0.2) is 66.9 Å². The van der Waals surface area contributed by atoms with Gasteiger partial charge in [0.2, 0.25) is 0 Å². The number of halogens is 1. The van der Waals surface area contributed by atoms with Crippen molar-refractivity contribution in [2.45, 2.75) is 6.54 Å². The quantitative estimate of drug-likeness (QED) is 0.469. The summed E-state index contributed by atoms with van der Waals surface area (Å²) < 4.78 is 5.60. The number of nitrogens with zero attached hydrogens (tertiary/aromatic N) is 4. The molecule has 0 spiro atoms. The van der Waals surface area contributed by atoms with E-state index in [1.54, 1.807) is 30.5 Å². The minimum Gasteiger partial charge on any atom is -0.484 e. The number of H-pyrrole nitrogens is 1. The molecule has 1 saturated heterocycles. The Morgan fingerprint density at radius 1 is 1.03 bits per heavy atom. The molecule has 0 radical (unpaired) electrons. The SMILES string of the molecule is O=C(COc1ccc(Cl)cc1)N1CCN(Cc2ccc3[nH]c(-c4ccccn4)nc3c2)CC1. The largest absolute Gasteiger partial charge is 0.484 e. The fourth-order valence-electron chi connectivity index (χ4n) is 3.95. The second-order valence-corrected chi connectivity index (χ2v) is 8.49. The molecule has 1 amide bonds. The predicted molar refractivity (Wildman–Crippen MR) is 128 cm³/mol. The molecule has 0 saturated carbocycles. The molecule has 7 nitrogen and oxygen atoms in total. The number of hydrogen-bond donors (Lipinski definition) is 1. The number of carbonyl (C=O) groups is 1. The Hall–Kier alpha value is -3.42. The van der Waals surface area contributed by atoms with Gasteiger partial charge >= 0.3 is 0 Å². The van der Waals surface area contributed by atoms with E-state index in [-0.39, 0.29) is 12.5 Å². The third kappa shape index (κ3) is 5.16. The van der Waals surface area contributed by atoms with Crippen molar-refractivity contribution < 1.29 is 9.53 Å². The Labute approximate surface area is 197 Å². The molecule has 33 heavy (non-hydrogen) atoms. The van der Waals surface area contributed by atoms with Gasteiger partial charge in [0.05, 0.1) is 11.0 Å². The number of pyridine rings is 1. The van der Waals surface area contributed by atoms with Crippen LogP contribution >= 0.6 is 11.6 Å². The molecule has 8 heteroatoms. The van der Waals surface area contributed by atoms with E-state index in [9.17, 15) is 4.79 Å². The number of aromatic nitrogens is 3. The summed E-state index contributed by atoms with van der Waals surface area (Å²) >= 11 is 5.88. The maximum Gasteiger partial charge on any atom is 0.260 e. The van der Waals surface area contributed by atoms with Crippen LogP contribution in [-0.4, -0.2) is 63.4 Å². The smallest absolute Gasteiger partial charge is 0.260 e. The molecule has 1 fully saturated rings. The zero-order valence-corrected chi connectivity index (χ0v) is 18.8. The first-order valence-electron chi connectivity index (χ1n) is 10.9. The Bertz CT molecular complexity index is 1230. The van der Waals surface area contributed by atoms with E-state index in [4.69, 9.17) is 21.3 Å². The molecule has 4 aromatic rings. The number of nitrogens with one attached hydrogen (secondary N) is 1. The first-order chi connectivity index (χ1) is 16.1. The third-order valence-corrected chi connectivity index (χ3v) is 6.01. The van der Waals surface area contributed by atoms with Crippen LogP contribution in [0.1, 0.15) is 5.56 Å². The average Bonchev–Trinajstić information content (AvgIpc) is 3.28. The van der Waals surface area contributed by atoms with Gasteiger partial charge in [-0.15, -0.1) is 0 Å². The number of piperazine rings is 1. The van der Waals surface area contributed by atoms with Gasteiger partial charge in [0, 0.05) is 43.9 Å². The van der Waals surface area contributed by atoms with Gasteiger partial charge in [0.1, 0.15) is 11.4 Å². The summed E-state index contributed by atoms with van der Waals surface area (Å²) in [6.45, 7) is 3.89. The molecule has 1 aliphatic rings. The monoisotopic (exact) mass is 461 g/mol. The van der Waals surface area contributed by atoms with Gasteiger partial charge in [0.15, 0.2) is 12.4 Å². The number of imidazole rings is 1. The van der Waals surface area contributed by atoms with Gasteiger partial charge in [-0.1, -0.05) is 23.7 Å². The lowest BCUT2D eigenvalue weighted by Crippen LogP contribution is -2.49. The van der Waals surface area contributed by atoms with E-state index in [2.05, 4.69) is 33.1 Å². The Morgan fingerprint density at radius 2 is 1.85 bits per heavy atom. The Morgan fingerprint density at radius 3 is 2.61 bits per heavy atom. The molecule has 5 rings (SSSR count). The number of benzene rings is 2. The molecular weight excluding hydrogens is 438 g/mol. The van der Waals surface area contributed by atoms with E-state index < -0.39 is 0 Å². The highest BCUT2D eigenvalue weighted by atomic mass is 35.5. The molecule has 0 atom stereocenters. The Balaban J connectivity index is 1.14. The molecule has 1 aliphatic heterocycles. The van der Waals surface area contributed by atoms with Crippen molar-refractivity contribution >= 4 is 28.5 Å². The van der Waals surface area contributed by atoms with Gasteiger partial charge in [-0.05, 0) is 54.1 Å². The maximum atomic E-state index is 12.5. The topological polar surface area (TPSA) is 74.3 Å². The maximum absolute atomic E-state index is 12.5. The summed E-state index contributed by atoms with van der Waals surface area (Å²) in [5.41, 5.74) is 3.96. The highest BCUT2D eigenvalue weighted by molar-refractivity contribution is 6.30. The summed E-state index contributed by atoms with van der Waals surface area (Å²) in [7, 11) is 0. The summed E-state index contributed by atoms with van der Waals surface area (Å²) in [5, 5.41) is 0.643. The number of aromatic amines is 1. The zero-order valence-electron chi connectivity index (χ0n) is 18.1. The molecule has 3 heterocycles. The lowest BCUT2D eigenvalue weighted by molar-refractivity contribution is -0.135. The molecule has 2 aromatic heterocycles. The number of fused-ring (bicyclic) bond motifs is 1. The number of carbonyl (C=O) groups excluding carboxylic acids is 1. The number of hydrogen-bond acceptors (Lipinski definition) is 5. The average molecular weight is 462 g/mol. The molecule has 0 bridgehead atoms. The van der Waals surface area contributed by atoms with Gasteiger partial charge in [-0.3, -0.25) is 14.7 Å². The first-order valence-corrected chi connectivity index (χ1v) is 11.3. The van der Waals surface area contributed by atoms with Crippen LogP contribution in [0, 0.1) is 0 Å². The summed E-state index contributed by atoms with van der Waals surface area (Å²) in [6, 6.07) is 19.1. The lowest BCUT2D eigenvalue weighted by atomic mass is 10.1. The van der Waals surface area contributed by atoms with Crippen molar-refractivity contribution in [3.63, 3.8) is 0 Å². The third-order valence-electron chi connectivity index (χ3n) is 5.76. The summed E-state index contributed by atoms with van der Waals surface area (Å²) in [6.07, 6.45) is 1.77. The first kappa shape index (κ1) is 21.4. The van der Waals surface area contributed by atoms with Gasteiger partial charge in [-0.25, -0.2) is 4.98 Å². The van der Waals surface area contributed by atoms with Crippen molar-refractivity contribution in [3.8, 4) is 17.3 Å². The van der Waals surface area contributed by atoms with Crippen LogP contribution in [0.25, 0.3) is 22.6 Å². The van der Waals surface area contributed by atoms with Gasteiger partial charge in [0.25, 0.3) is 5.91 Å². The summed E-state index contributed by atoms with van der Waals surface area (Å²) in [5.74, 6) is 1.42. The van der Waals surface area contributed by atoms with Crippen molar-refractivity contribution in [1.29, 1.82) is 0 Å². The Kier molecular flexibility index (Phi) is 6.24. The molecule has 1 N–H and O–H groups in total. The fourth-order valence-corrected chi connectivity index (χ4v) is 4.08. The normalized spacial score (nSPS) is 14.5. The van der Waals surface area contributed by atoms with Crippen molar-refractivity contribution in [2.75, 3.05) is 32.8 Å². The van der Waals surface area contributed by atoms with Crippen LogP contribution in [0.5, 0.6) is 5.75 Å². The highest BCUT2D eigenvalue weighted by Crippen LogP contribution is 2.21. The van der Waals surface area contributed by atoms with Crippen LogP contribution in [0.2, 0.25) is 5.02 Å². The summed E-state index contributed by atoms with van der Waals surface area (Å²) in [4.78, 5) is 29.1. The van der Waals surface area contributed by atoms with E-state index in [0.717, 1.165) is 42.2 Å². The predicted octanol–water partition coefficient (Wildman–Crippen LogP) is 4.00. The van der Waals surface area contributed by atoms with E-state index >= 15 is 0 Å². The van der Waals surface area contributed by atoms with Crippen LogP contribution in [0.3, 0.4) is 0 Å². The van der Waals surface area contributed by atoms with E-state index in [1.807, 2.05) is 23.1 Å². The molecular formula is C25H24ClN5O2. The second-order valence-electron chi connectivity index (χ2n) is 8.05. The minimum atomic E-state index is 0.00425. The standard InChI is InChI=1S/C25H24ClN5O2/c26-19-5-7-20(8-6-19)33-17-24(32)31-13-11-30(12-14-31)16-18-4-9-21-23(15-18)29-25(28-21)22-3-1-2-10-27-22/h1-10,15H,11-14,16-17H2,(H,28,29). The fraction of sp³-hybridized carbons (Fsp3) is 0.240. The van der Waals surface area contributed by atoms with E-state index in [0.29, 0.717) is 23.9 Å². The molecule has 2 aromatic carbocycles. The highest BCUT2D eigenvalue weighted by Gasteiger charge is 2.21. The van der Waals surface area contributed by atoms with Crippen molar-refractivity contribution in [3.05, 3.63) is 77.4 Å².